The number of allylic oxidation sites excluding steroid dienone is 14. The van der Waals surface area contributed by atoms with E-state index in [9.17, 15) is 14.4 Å². The zero-order valence-corrected chi connectivity index (χ0v) is 46.0. The second-order valence-corrected chi connectivity index (χ2v) is 19.5. The van der Waals surface area contributed by atoms with Crippen LogP contribution in [0.1, 0.15) is 284 Å². The molecule has 0 aromatic carbocycles. The minimum absolute atomic E-state index is 0.101. The second-order valence-electron chi connectivity index (χ2n) is 19.5. The highest BCUT2D eigenvalue weighted by Crippen LogP contribution is 2.16. The average Bonchev–Trinajstić information content (AvgIpc) is 3.36. The van der Waals surface area contributed by atoms with Crippen molar-refractivity contribution >= 4 is 17.9 Å². The van der Waals surface area contributed by atoms with Gasteiger partial charge in [0.1, 0.15) is 13.2 Å². The van der Waals surface area contributed by atoms with Crippen molar-refractivity contribution in [3.05, 3.63) is 85.1 Å². The highest BCUT2D eigenvalue weighted by molar-refractivity contribution is 5.71. The number of hydrogen-bond acceptors (Lipinski definition) is 6. The maximum Gasteiger partial charge on any atom is 0.306 e. The third kappa shape index (κ3) is 55.5. The highest BCUT2D eigenvalue weighted by Gasteiger charge is 2.19. The van der Waals surface area contributed by atoms with Crippen LogP contribution in [-0.4, -0.2) is 37.2 Å². The molecule has 0 N–H and O–H groups in total. The molecule has 402 valence electrons. The molecule has 0 spiro atoms. The zero-order valence-electron chi connectivity index (χ0n) is 46.0. The van der Waals surface area contributed by atoms with Crippen molar-refractivity contribution in [1.29, 1.82) is 0 Å². The van der Waals surface area contributed by atoms with Crippen LogP contribution in [0, 0.1) is 0 Å². The molecule has 0 bridgehead atoms. The molecule has 0 aliphatic carbocycles. The van der Waals surface area contributed by atoms with Crippen LogP contribution in [0.2, 0.25) is 0 Å². The average molecular weight is 976 g/mol. The molecular formula is C64H110O6. The Bertz CT molecular complexity index is 1350. The summed E-state index contributed by atoms with van der Waals surface area (Å²) in [6.07, 6.45) is 75.9. The lowest BCUT2D eigenvalue weighted by Gasteiger charge is -2.18. The SMILES string of the molecule is CC/C=C\C/C=C\C/C=C\C/C=C\CCC(=O)OCC(COC(=O)CCCCCCCCCC/C=C\C/C=C\C/C=C\CCCCCCC)OC(=O)CCCCCCCCCCCCCCCCCC. The Morgan fingerprint density at radius 1 is 0.300 bits per heavy atom. The molecule has 0 saturated heterocycles. The molecule has 0 radical (unpaired) electrons. The number of carbonyl (C=O) groups excluding carboxylic acids is 3. The van der Waals surface area contributed by atoms with Crippen molar-refractivity contribution in [2.24, 2.45) is 0 Å². The molecule has 0 rings (SSSR count). The molecule has 0 saturated carbocycles. The summed E-state index contributed by atoms with van der Waals surface area (Å²) in [6.45, 7) is 6.46. The van der Waals surface area contributed by atoms with Crippen LogP contribution in [-0.2, 0) is 28.6 Å². The van der Waals surface area contributed by atoms with Crippen molar-refractivity contribution in [2.75, 3.05) is 13.2 Å². The van der Waals surface area contributed by atoms with E-state index in [1.54, 1.807) is 0 Å². The first-order valence-corrected chi connectivity index (χ1v) is 29.6. The van der Waals surface area contributed by atoms with E-state index in [0.29, 0.717) is 19.3 Å². The normalized spacial score (nSPS) is 12.7. The summed E-state index contributed by atoms with van der Waals surface area (Å²) in [5.41, 5.74) is 0. The monoisotopic (exact) mass is 975 g/mol. The van der Waals surface area contributed by atoms with Crippen molar-refractivity contribution in [3.63, 3.8) is 0 Å². The van der Waals surface area contributed by atoms with Gasteiger partial charge in [-0.25, -0.2) is 0 Å². The fourth-order valence-electron chi connectivity index (χ4n) is 8.23. The molecule has 0 aromatic rings. The Morgan fingerprint density at radius 3 is 0.957 bits per heavy atom. The summed E-state index contributed by atoms with van der Waals surface area (Å²) in [5, 5.41) is 0. The molecule has 0 aromatic heterocycles. The summed E-state index contributed by atoms with van der Waals surface area (Å²) < 4.78 is 16.8. The van der Waals surface area contributed by atoms with Gasteiger partial charge < -0.3 is 14.2 Å². The third-order valence-corrected chi connectivity index (χ3v) is 12.6. The lowest BCUT2D eigenvalue weighted by molar-refractivity contribution is -0.166. The van der Waals surface area contributed by atoms with E-state index in [2.05, 4.69) is 99.8 Å². The Labute approximate surface area is 433 Å². The van der Waals surface area contributed by atoms with Crippen molar-refractivity contribution in [2.45, 2.75) is 290 Å². The maximum absolute atomic E-state index is 12.9. The van der Waals surface area contributed by atoms with Crippen LogP contribution >= 0.6 is 0 Å². The third-order valence-electron chi connectivity index (χ3n) is 12.6. The minimum Gasteiger partial charge on any atom is -0.462 e. The Morgan fingerprint density at radius 2 is 0.586 bits per heavy atom. The van der Waals surface area contributed by atoms with E-state index in [-0.39, 0.29) is 37.5 Å². The van der Waals surface area contributed by atoms with Gasteiger partial charge in [-0.3, -0.25) is 14.4 Å². The molecule has 0 amide bonds. The number of hydrogen-bond donors (Lipinski definition) is 0. The van der Waals surface area contributed by atoms with Crippen LogP contribution in [0.5, 0.6) is 0 Å². The van der Waals surface area contributed by atoms with Gasteiger partial charge in [0.15, 0.2) is 6.10 Å². The standard InChI is InChI=1S/C64H110O6/c1-4-7-10-13-16-19-22-25-27-29-30-31-32-33-34-35-37-39-42-45-48-51-54-57-63(66)69-60-61(59-68-62(65)56-53-50-47-44-41-38-24-21-18-15-12-9-6-3)70-64(67)58-55-52-49-46-43-40-36-28-26-23-20-17-14-11-8-5-2/h9,12,18,21-22,25,29-30,32-33,38,41,47,50,61H,4-8,10-11,13-17,19-20,23-24,26-28,31,34-37,39-40,42-46,48-49,51-60H2,1-3H3/b12-9-,21-18-,25-22-,30-29-,33-32-,41-38-,50-47-. The van der Waals surface area contributed by atoms with Crippen LogP contribution in [0.4, 0.5) is 0 Å². The predicted octanol–water partition coefficient (Wildman–Crippen LogP) is 19.9. The number of rotatable bonds is 53. The zero-order chi connectivity index (χ0) is 50.7. The number of unbranched alkanes of at least 4 members (excludes halogenated alkanes) is 28. The van der Waals surface area contributed by atoms with Crippen molar-refractivity contribution < 1.29 is 28.6 Å². The fraction of sp³-hybridized carbons (Fsp3) is 0.734. The smallest absolute Gasteiger partial charge is 0.306 e. The van der Waals surface area contributed by atoms with Gasteiger partial charge in [-0.2, -0.15) is 0 Å². The quantitative estimate of drug-likeness (QED) is 0.0261. The summed E-state index contributed by atoms with van der Waals surface area (Å²) in [4.78, 5) is 38.1. The lowest BCUT2D eigenvalue weighted by Crippen LogP contribution is -2.30. The van der Waals surface area contributed by atoms with Crippen LogP contribution < -0.4 is 0 Å². The molecular weight excluding hydrogens is 865 g/mol. The van der Waals surface area contributed by atoms with Crippen molar-refractivity contribution in [3.8, 4) is 0 Å². The predicted molar refractivity (Wildman–Crippen MR) is 302 cm³/mol. The fourth-order valence-corrected chi connectivity index (χ4v) is 8.23. The number of esters is 3. The van der Waals surface area contributed by atoms with Gasteiger partial charge in [-0.1, -0.05) is 266 Å². The largest absolute Gasteiger partial charge is 0.462 e. The number of carbonyl (C=O) groups is 3. The van der Waals surface area contributed by atoms with Gasteiger partial charge in [0.05, 0.1) is 0 Å². The number of ether oxygens (including phenoxy) is 3. The van der Waals surface area contributed by atoms with E-state index >= 15 is 0 Å². The Balaban J connectivity index is 4.38. The first-order chi connectivity index (χ1) is 34.5. The van der Waals surface area contributed by atoms with Crippen LogP contribution in [0.3, 0.4) is 0 Å². The van der Waals surface area contributed by atoms with E-state index in [1.807, 2.05) is 6.08 Å². The first kappa shape index (κ1) is 66.6. The molecule has 0 aliphatic rings. The van der Waals surface area contributed by atoms with Crippen molar-refractivity contribution in [1.82, 2.24) is 0 Å². The molecule has 0 aliphatic heterocycles. The summed E-state index contributed by atoms with van der Waals surface area (Å²) >= 11 is 0. The van der Waals surface area contributed by atoms with Gasteiger partial charge in [0, 0.05) is 19.3 Å². The molecule has 0 heterocycles. The summed E-state index contributed by atoms with van der Waals surface area (Å²) in [6, 6.07) is 0. The van der Waals surface area contributed by atoms with E-state index in [1.165, 1.54) is 154 Å². The maximum atomic E-state index is 12.9. The Kier molecular flexibility index (Phi) is 55.3. The molecule has 1 unspecified atom stereocenters. The van der Waals surface area contributed by atoms with E-state index in [4.69, 9.17) is 14.2 Å². The highest BCUT2D eigenvalue weighted by atomic mass is 16.6. The van der Waals surface area contributed by atoms with Gasteiger partial charge >= 0.3 is 17.9 Å². The van der Waals surface area contributed by atoms with E-state index in [0.717, 1.165) is 83.5 Å². The molecule has 1 atom stereocenters. The molecule has 6 nitrogen and oxygen atoms in total. The Hall–Kier alpha value is -3.41. The van der Waals surface area contributed by atoms with Gasteiger partial charge in [-0.15, -0.1) is 0 Å². The summed E-state index contributed by atoms with van der Waals surface area (Å²) in [7, 11) is 0. The lowest BCUT2D eigenvalue weighted by atomic mass is 10.0. The van der Waals surface area contributed by atoms with Crippen LogP contribution in [0.25, 0.3) is 0 Å². The van der Waals surface area contributed by atoms with Gasteiger partial charge in [0.25, 0.3) is 0 Å². The molecule has 6 heteroatoms. The van der Waals surface area contributed by atoms with Crippen LogP contribution in [0.15, 0.2) is 85.1 Å². The second kappa shape index (κ2) is 58.2. The first-order valence-electron chi connectivity index (χ1n) is 29.6. The summed E-state index contributed by atoms with van der Waals surface area (Å²) in [5.74, 6) is -0.984. The topological polar surface area (TPSA) is 78.9 Å². The van der Waals surface area contributed by atoms with E-state index < -0.39 is 6.10 Å². The van der Waals surface area contributed by atoms with Gasteiger partial charge in [0.2, 0.25) is 0 Å². The van der Waals surface area contributed by atoms with Gasteiger partial charge in [-0.05, 0) is 83.5 Å². The molecule has 70 heavy (non-hydrogen) atoms. The molecule has 0 fully saturated rings. The minimum atomic E-state index is -0.807.